The van der Waals surface area contributed by atoms with Crippen LogP contribution in [0.4, 0.5) is 0 Å². The zero-order valence-corrected chi connectivity index (χ0v) is 11.5. The van der Waals surface area contributed by atoms with Gasteiger partial charge >= 0.3 is 0 Å². The fourth-order valence-electron chi connectivity index (χ4n) is 2.07. The van der Waals surface area contributed by atoms with Gasteiger partial charge in [-0.25, -0.2) is 0 Å². The number of rotatable bonds is 4. The number of aryl methyl sites for hydroxylation is 1. The molecule has 0 spiro atoms. The number of amides is 2. The molecule has 0 aliphatic carbocycles. The van der Waals surface area contributed by atoms with Gasteiger partial charge in [0.2, 0.25) is 11.8 Å². The Labute approximate surface area is 111 Å². The highest BCUT2D eigenvalue weighted by Crippen LogP contribution is 2.20. The first-order valence-corrected chi connectivity index (χ1v) is 7.11. The number of piperazine rings is 1. The lowest BCUT2D eigenvalue weighted by molar-refractivity contribution is -0.144. The van der Waals surface area contributed by atoms with E-state index in [-0.39, 0.29) is 24.4 Å². The van der Waals surface area contributed by atoms with E-state index in [9.17, 15) is 9.59 Å². The average molecular weight is 266 g/mol. The lowest BCUT2D eigenvalue weighted by atomic mass is 10.1. The summed E-state index contributed by atoms with van der Waals surface area (Å²) in [6, 6.07) is 3.78. The Balaban J connectivity index is 2.07. The van der Waals surface area contributed by atoms with Gasteiger partial charge in [0, 0.05) is 9.75 Å². The second kappa shape index (κ2) is 5.52. The third-order valence-electron chi connectivity index (χ3n) is 3.10. The number of carbonyl (C=O) groups excluding carboxylic acids is 2. The van der Waals surface area contributed by atoms with Crippen LogP contribution >= 0.6 is 11.3 Å². The van der Waals surface area contributed by atoms with E-state index in [1.165, 1.54) is 4.88 Å². The van der Waals surface area contributed by atoms with Crippen molar-refractivity contribution in [1.29, 1.82) is 0 Å². The predicted octanol–water partition coefficient (Wildman–Crippen LogP) is 1.55. The number of carbonyl (C=O) groups is 2. The van der Waals surface area contributed by atoms with E-state index in [0.29, 0.717) is 13.0 Å². The second-order valence-corrected chi connectivity index (χ2v) is 5.70. The first-order chi connectivity index (χ1) is 8.63. The maximum atomic E-state index is 12.1. The van der Waals surface area contributed by atoms with Crippen molar-refractivity contribution in [3.05, 3.63) is 21.9 Å². The molecule has 1 aliphatic heterocycles. The molecule has 98 valence electrons. The van der Waals surface area contributed by atoms with E-state index in [2.05, 4.69) is 18.3 Å². The minimum atomic E-state index is -0.350. The Hall–Kier alpha value is -1.36. The van der Waals surface area contributed by atoms with Crippen LogP contribution in [-0.4, -0.2) is 29.3 Å². The van der Waals surface area contributed by atoms with Gasteiger partial charge in [-0.15, -0.1) is 11.3 Å². The lowest BCUT2D eigenvalue weighted by Crippen LogP contribution is -2.57. The fourth-order valence-corrected chi connectivity index (χ4v) is 3.04. The molecule has 1 aliphatic rings. The molecule has 5 heteroatoms. The molecule has 0 radical (unpaired) electrons. The fraction of sp³-hybridized carbons (Fsp3) is 0.538. The number of nitrogens with zero attached hydrogens (tertiary/aromatic N) is 1. The average Bonchev–Trinajstić information content (AvgIpc) is 2.81. The summed E-state index contributed by atoms with van der Waals surface area (Å²) in [7, 11) is 0. The normalized spacial score (nSPS) is 20.1. The van der Waals surface area contributed by atoms with Crippen LogP contribution in [0, 0.1) is 0 Å². The van der Waals surface area contributed by atoms with Crippen LogP contribution in [0.1, 0.15) is 30.0 Å². The predicted molar refractivity (Wildman–Crippen MR) is 71.3 cm³/mol. The summed E-state index contributed by atoms with van der Waals surface area (Å²) in [6.07, 6.45) is 1.66. The topological polar surface area (TPSA) is 49.4 Å². The van der Waals surface area contributed by atoms with Gasteiger partial charge in [-0.3, -0.25) is 9.59 Å². The summed E-state index contributed by atoms with van der Waals surface area (Å²) in [5.41, 5.74) is 0. The molecule has 0 saturated carbocycles. The van der Waals surface area contributed by atoms with Crippen LogP contribution in [0.3, 0.4) is 0 Å². The molecule has 4 nitrogen and oxygen atoms in total. The smallest absolute Gasteiger partial charge is 0.245 e. The molecule has 2 heterocycles. The Bertz CT molecular complexity index is 456. The van der Waals surface area contributed by atoms with Crippen molar-refractivity contribution in [3.8, 4) is 0 Å². The molecule has 1 atom stereocenters. The van der Waals surface area contributed by atoms with E-state index in [4.69, 9.17) is 0 Å². The molecule has 2 amide bonds. The SMILES string of the molecule is CCc1ccc(CN2CC(=O)NC(CC)C2=O)s1. The molecule has 1 fully saturated rings. The Morgan fingerprint density at radius 2 is 2.06 bits per heavy atom. The van der Waals surface area contributed by atoms with Gasteiger partial charge in [0.05, 0.1) is 13.1 Å². The van der Waals surface area contributed by atoms with Gasteiger partial charge in [0.1, 0.15) is 6.04 Å². The zero-order valence-electron chi connectivity index (χ0n) is 10.7. The third-order valence-corrected chi connectivity index (χ3v) is 4.31. The van der Waals surface area contributed by atoms with E-state index < -0.39 is 0 Å². The van der Waals surface area contributed by atoms with E-state index in [0.717, 1.165) is 11.3 Å². The van der Waals surface area contributed by atoms with Crippen LogP contribution in [0.15, 0.2) is 12.1 Å². The molecule has 1 N–H and O–H groups in total. The first kappa shape index (κ1) is 13.1. The Morgan fingerprint density at radius 1 is 1.33 bits per heavy atom. The Morgan fingerprint density at radius 3 is 2.67 bits per heavy atom. The van der Waals surface area contributed by atoms with Crippen molar-refractivity contribution in [2.75, 3.05) is 6.54 Å². The van der Waals surface area contributed by atoms with Gasteiger partial charge in [-0.1, -0.05) is 13.8 Å². The van der Waals surface area contributed by atoms with Crippen LogP contribution < -0.4 is 5.32 Å². The van der Waals surface area contributed by atoms with Gasteiger partial charge < -0.3 is 10.2 Å². The lowest BCUT2D eigenvalue weighted by Gasteiger charge is -2.31. The third kappa shape index (κ3) is 2.72. The highest BCUT2D eigenvalue weighted by molar-refractivity contribution is 7.11. The standard InChI is InChI=1S/C13H18N2O2S/c1-3-9-5-6-10(18-9)7-15-8-12(16)14-11(4-2)13(15)17/h5-6,11H,3-4,7-8H2,1-2H3,(H,14,16). The number of nitrogens with one attached hydrogen (secondary N) is 1. The minimum absolute atomic E-state index is 0.0311. The van der Waals surface area contributed by atoms with Crippen LogP contribution in [0.5, 0.6) is 0 Å². The van der Waals surface area contributed by atoms with Crippen LogP contribution in [-0.2, 0) is 22.6 Å². The summed E-state index contributed by atoms with van der Waals surface area (Å²) in [5, 5.41) is 2.72. The summed E-state index contributed by atoms with van der Waals surface area (Å²) in [4.78, 5) is 27.7. The van der Waals surface area contributed by atoms with Crippen molar-refractivity contribution in [2.45, 2.75) is 39.3 Å². The molecule has 2 rings (SSSR count). The summed E-state index contributed by atoms with van der Waals surface area (Å²) in [6.45, 7) is 4.75. The number of hydrogen-bond donors (Lipinski definition) is 1. The molecule has 0 aromatic carbocycles. The van der Waals surface area contributed by atoms with Gasteiger partial charge in [0.15, 0.2) is 0 Å². The van der Waals surface area contributed by atoms with Crippen molar-refractivity contribution in [2.24, 2.45) is 0 Å². The summed E-state index contributed by atoms with van der Waals surface area (Å²) >= 11 is 1.71. The van der Waals surface area contributed by atoms with Gasteiger partial charge in [-0.05, 0) is 25.0 Å². The monoisotopic (exact) mass is 266 g/mol. The van der Waals surface area contributed by atoms with Crippen molar-refractivity contribution in [3.63, 3.8) is 0 Å². The number of thiophene rings is 1. The quantitative estimate of drug-likeness (QED) is 0.899. The minimum Gasteiger partial charge on any atom is -0.343 e. The molecule has 1 unspecified atom stereocenters. The maximum Gasteiger partial charge on any atom is 0.245 e. The van der Waals surface area contributed by atoms with E-state index >= 15 is 0 Å². The first-order valence-electron chi connectivity index (χ1n) is 6.29. The van der Waals surface area contributed by atoms with Crippen LogP contribution in [0.2, 0.25) is 0 Å². The van der Waals surface area contributed by atoms with Gasteiger partial charge in [-0.2, -0.15) is 0 Å². The van der Waals surface area contributed by atoms with Crippen molar-refractivity contribution >= 4 is 23.2 Å². The molecule has 1 saturated heterocycles. The molecular weight excluding hydrogens is 248 g/mol. The van der Waals surface area contributed by atoms with Crippen molar-refractivity contribution < 1.29 is 9.59 Å². The molecule has 18 heavy (non-hydrogen) atoms. The van der Waals surface area contributed by atoms with Crippen LogP contribution in [0.25, 0.3) is 0 Å². The second-order valence-electron chi connectivity index (χ2n) is 4.44. The van der Waals surface area contributed by atoms with E-state index in [1.807, 2.05) is 13.0 Å². The molecule has 1 aromatic heterocycles. The van der Waals surface area contributed by atoms with Gasteiger partial charge in [0.25, 0.3) is 0 Å². The molecular formula is C13H18N2O2S. The zero-order chi connectivity index (χ0) is 13.1. The summed E-state index contributed by atoms with van der Waals surface area (Å²) in [5.74, 6) is -0.0303. The highest BCUT2D eigenvalue weighted by Gasteiger charge is 2.31. The number of hydrogen-bond acceptors (Lipinski definition) is 3. The highest BCUT2D eigenvalue weighted by atomic mass is 32.1. The maximum absolute atomic E-state index is 12.1. The van der Waals surface area contributed by atoms with E-state index in [1.54, 1.807) is 16.2 Å². The van der Waals surface area contributed by atoms with Crippen molar-refractivity contribution in [1.82, 2.24) is 10.2 Å². The summed E-state index contributed by atoms with van der Waals surface area (Å²) < 4.78 is 0. The molecule has 0 bridgehead atoms. The molecule has 1 aromatic rings. The largest absolute Gasteiger partial charge is 0.343 e. The Kier molecular flexibility index (Phi) is 4.01.